The van der Waals surface area contributed by atoms with E-state index >= 15 is 0 Å². The number of hydrogen-bond acceptors (Lipinski definition) is 3. The monoisotopic (exact) mass is 254 g/mol. The largest absolute Gasteiger partial charge is 0.497 e. The van der Waals surface area contributed by atoms with Crippen molar-refractivity contribution in [1.29, 1.82) is 0 Å². The van der Waals surface area contributed by atoms with Crippen LogP contribution in [0, 0.1) is 5.92 Å². The molecule has 3 nitrogen and oxygen atoms in total. The molecule has 4 heteroatoms. The molecule has 1 fully saturated rings. The van der Waals surface area contributed by atoms with Gasteiger partial charge in [-0.05, 0) is 44.0 Å². The summed E-state index contributed by atoms with van der Waals surface area (Å²) in [7, 11) is 1.65. The average Bonchev–Trinajstić information content (AvgIpc) is 2.38. The quantitative estimate of drug-likeness (QED) is 0.867. The highest BCUT2D eigenvalue weighted by atomic mass is 35.5. The second-order valence-electron chi connectivity index (χ2n) is 4.44. The lowest BCUT2D eigenvalue weighted by molar-refractivity contribution is 0.393. The lowest BCUT2D eigenvalue weighted by atomic mass is 10.00. The minimum absolute atomic E-state index is 0.696. The number of halogens is 1. The molecule has 2 rings (SSSR count). The highest BCUT2D eigenvalue weighted by Gasteiger charge is 2.13. The first-order valence-corrected chi connectivity index (χ1v) is 6.45. The van der Waals surface area contributed by atoms with Crippen LogP contribution < -0.4 is 15.4 Å². The smallest absolute Gasteiger partial charge is 0.120 e. The van der Waals surface area contributed by atoms with E-state index in [1.165, 1.54) is 12.8 Å². The molecule has 1 aliphatic rings. The fraction of sp³-hybridized carbons (Fsp3) is 0.538. The molecule has 17 heavy (non-hydrogen) atoms. The molecule has 1 heterocycles. The minimum Gasteiger partial charge on any atom is -0.497 e. The van der Waals surface area contributed by atoms with Crippen molar-refractivity contribution in [2.45, 2.75) is 12.8 Å². The summed E-state index contributed by atoms with van der Waals surface area (Å²) in [5.41, 5.74) is 0.984. The van der Waals surface area contributed by atoms with Crippen molar-refractivity contribution < 1.29 is 4.74 Å². The van der Waals surface area contributed by atoms with Crippen LogP contribution in [0.4, 0.5) is 5.69 Å². The molecule has 0 aliphatic carbocycles. The molecule has 1 aromatic rings. The van der Waals surface area contributed by atoms with E-state index in [2.05, 4.69) is 10.6 Å². The topological polar surface area (TPSA) is 33.3 Å². The fourth-order valence-electron chi connectivity index (χ4n) is 2.12. The maximum atomic E-state index is 6.17. The molecule has 0 amide bonds. The van der Waals surface area contributed by atoms with E-state index in [9.17, 15) is 0 Å². The minimum atomic E-state index is 0.696. The van der Waals surface area contributed by atoms with Gasteiger partial charge in [0.15, 0.2) is 0 Å². The van der Waals surface area contributed by atoms with Crippen LogP contribution >= 0.6 is 11.6 Å². The average molecular weight is 255 g/mol. The molecule has 0 spiro atoms. The number of ether oxygens (including phenoxy) is 1. The maximum absolute atomic E-state index is 6.17. The summed E-state index contributed by atoms with van der Waals surface area (Å²) in [5, 5.41) is 7.53. The van der Waals surface area contributed by atoms with Crippen LogP contribution in [0.3, 0.4) is 0 Å². The molecule has 1 aromatic carbocycles. The van der Waals surface area contributed by atoms with Crippen molar-refractivity contribution in [1.82, 2.24) is 5.32 Å². The molecule has 94 valence electrons. The van der Waals surface area contributed by atoms with E-state index < -0.39 is 0 Å². The van der Waals surface area contributed by atoms with Crippen molar-refractivity contribution >= 4 is 17.3 Å². The molecular formula is C13H19ClN2O. The second-order valence-corrected chi connectivity index (χ2v) is 4.85. The van der Waals surface area contributed by atoms with Gasteiger partial charge >= 0.3 is 0 Å². The summed E-state index contributed by atoms with van der Waals surface area (Å²) in [6, 6.07) is 5.73. The van der Waals surface area contributed by atoms with Crippen molar-refractivity contribution in [3.63, 3.8) is 0 Å². The van der Waals surface area contributed by atoms with Crippen LogP contribution in [0.25, 0.3) is 0 Å². The zero-order chi connectivity index (χ0) is 12.1. The number of rotatable bonds is 4. The Morgan fingerprint density at radius 1 is 1.53 bits per heavy atom. The molecule has 1 aliphatic heterocycles. The number of benzene rings is 1. The molecule has 0 saturated carbocycles. The van der Waals surface area contributed by atoms with E-state index in [1.807, 2.05) is 18.2 Å². The highest BCUT2D eigenvalue weighted by Crippen LogP contribution is 2.27. The third-order valence-electron chi connectivity index (χ3n) is 3.16. The van der Waals surface area contributed by atoms with Gasteiger partial charge in [0.25, 0.3) is 0 Å². The van der Waals surface area contributed by atoms with Gasteiger partial charge in [-0.3, -0.25) is 0 Å². The van der Waals surface area contributed by atoms with Crippen LogP contribution in [0.5, 0.6) is 5.75 Å². The SMILES string of the molecule is COc1ccc(NCC2CCCNC2)c(Cl)c1. The van der Waals surface area contributed by atoms with E-state index in [0.29, 0.717) is 10.9 Å². The van der Waals surface area contributed by atoms with Crippen molar-refractivity contribution in [3.8, 4) is 5.75 Å². The Labute approximate surface area is 107 Å². The van der Waals surface area contributed by atoms with E-state index in [0.717, 1.165) is 31.1 Å². The third-order valence-corrected chi connectivity index (χ3v) is 3.47. The number of nitrogens with one attached hydrogen (secondary N) is 2. The van der Waals surface area contributed by atoms with Gasteiger partial charge in [-0.2, -0.15) is 0 Å². The standard InChI is InChI=1S/C13H19ClN2O/c1-17-11-4-5-13(12(14)7-11)16-9-10-3-2-6-15-8-10/h4-5,7,10,15-16H,2-3,6,8-9H2,1H3. The van der Waals surface area contributed by atoms with E-state index in [-0.39, 0.29) is 0 Å². The van der Waals surface area contributed by atoms with Crippen molar-refractivity contribution in [2.75, 3.05) is 32.1 Å². The summed E-state index contributed by atoms with van der Waals surface area (Å²) < 4.78 is 5.12. The molecule has 1 atom stereocenters. The summed E-state index contributed by atoms with van der Waals surface area (Å²) in [4.78, 5) is 0. The molecule has 1 unspecified atom stereocenters. The molecule has 0 radical (unpaired) electrons. The Kier molecular flexibility index (Phi) is 4.51. The van der Waals surface area contributed by atoms with Crippen molar-refractivity contribution in [2.24, 2.45) is 5.92 Å². The Balaban J connectivity index is 1.89. The zero-order valence-electron chi connectivity index (χ0n) is 10.1. The summed E-state index contributed by atoms with van der Waals surface area (Å²) >= 11 is 6.17. The molecular weight excluding hydrogens is 236 g/mol. The maximum Gasteiger partial charge on any atom is 0.120 e. The first-order valence-electron chi connectivity index (χ1n) is 6.07. The predicted molar refractivity (Wildman–Crippen MR) is 72.1 cm³/mol. The Morgan fingerprint density at radius 3 is 3.06 bits per heavy atom. The molecule has 0 aromatic heterocycles. The summed E-state index contributed by atoms with van der Waals surface area (Å²) in [6.07, 6.45) is 2.55. The van der Waals surface area contributed by atoms with Gasteiger partial charge < -0.3 is 15.4 Å². The lowest BCUT2D eigenvalue weighted by Crippen LogP contribution is -2.33. The van der Waals surface area contributed by atoms with E-state index in [4.69, 9.17) is 16.3 Å². The summed E-state index contributed by atoms with van der Waals surface area (Å²) in [5.74, 6) is 1.49. The van der Waals surface area contributed by atoms with Gasteiger partial charge in [0.05, 0.1) is 17.8 Å². The van der Waals surface area contributed by atoms with Crippen LogP contribution in [0.2, 0.25) is 5.02 Å². The van der Waals surface area contributed by atoms with Gasteiger partial charge in [-0.25, -0.2) is 0 Å². The van der Waals surface area contributed by atoms with Crippen LogP contribution in [0.1, 0.15) is 12.8 Å². The molecule has 0 bridgehead atoms. The third kappa shape index (κ3) is 3.51. The first-order chi connectivity index (χ1) is 8.29. The second kappa shape index (κ2) is 6.12. The van der Waals surface area contributed by atoms with Crippen LogP contribution in [-0.4, -0.2) is 26.7 Å². The van der Waals surface area contributed by atoms with Gasteiger partial charge in [0, 0.05) is 12.6 Å². The van der Waals surface area contributed by atoms with Crippen LogP contribution in [0.15, 0.2) is 18.2 Å². The first kappa shape index (κ1) is 12.5. The van der Waals surface area contributed by atoms with Gasteiger partial charge in [0.1, 0.15) is 5.75 Å². The highest BCUT2D eigenvalue weighted by molar-refractivity contribution is 6.33. The Hall–Kier alpha value is -0.930. The zero-order valence-corrected chi connectivity index (χ0v) is 10.9. The number of hydrogen-bond donors (Lipinski definition) is 2. The van der Waals surface area contributed by atoms with Crippen molar-refractivity contribution in [3.05, 3.63) is 23.2 Å². The molecule has 1 saturated heterocycles. The predicted octanol–water partition coefficient (Wildman–Crippen LogP) is 2.76. The van der Waals surface area contributed by atoms with E-state index in [1.54, 1.807) is 7.11 Å². The van der Waals surface area contributed by atoms with Gasteiger partial charge in [0.2, 0.25) is 0 Å². The normalized spacial score (nSPS) is 20.0. The molecule has 2 N–H and O–H groups in total. The Bertz CT molecular complexity index is 364. The lowest BCUT2D eigenvalue weighted by Gasteiger charge is -2.23. The van der Waals surface area contributed by atoms with Crippen LogP contribution in [-0.2, 0) is 0 Å². The van der Waals surface area contributed by atoms with Gasteiger partial charge in [-0.1, -0.05) is 11.6 Å². The fourth-order valence-corrected chi connectivity index (χ4v) is 2.36. The number of piperidine rings is 1. The van der Waals surface area contributed by atoms with Gasteiger partial charge in [-0.15, -0.1) is 0 Å². The Morgan fingerprint density at radius 2 is 2.41 bits per heavy atom. The number of methoxy groups -OCH3 is 1. The number of anilines is 1. The summed E-state index contributed by atoms with van der Waals surface area (Å²) in [6.45, 7) is 3.22.